The topological polar surface area (TPSA) is 67.6 Å². The lowest BCUT2D eigenvalue weighted by Gasteiger charge is -2.37. The summed E-state index contributed by atoms with van der Waals surface area (Å²) in [6, 6.07) is 8.47. The first-order chi connectivity index (χ1) is 10.6. The van der Waals surface area contributed by atoms with Crippen molar-refractivity contribution in [2.24, 2.45) is 5.92 Å². The van der Waals surface area contributed by atoms with Gasteiger partial charge in [-0.1, -0.05) is 12.1 Å². The van der Waals surface area contributed by atoms with Crippen molar-refractivity contribution in [1.82, 2.24) is 10.2 Å². The standard InChI is InChI=1S/C17H27N3O2.ClH/c1-13-6-7-15(17(21)19-8-9-22-2)12-20(13)11-14-4-3-5-16(18)10-14;/h3-5,10,13,15H,6-9,11-12,18H2,1-2H3,(H,19,21);1H. The Labute approximate surface area is 145 Å². The summed E-state index contributed by atoms with van der Waals surface area (Å²) in [7, 11) is 1.64. The smallest absolute Gasteiger partial charge is 0.224 e. The summed E-state index contributed by atoms with van der Waals surface area (Å²) < 4.78 is 4.97. The Morgan fingerprint density at radius 2 is 2.22 bits per heavy atom. The van der Waals surface area contributed by atoms with Gasteiger partial charge in [-0.2, -0.15) is 0 Å². The summed E-state index contributed by atoms with van der Waals surface area (Å²) in [5.41, 5.74) is 7.84. The van der Waals surface area contributed by atoms with Gasteiger partial charge in [0.2, 0.25) is 5.91 Å². The van der Waals surface area contributed by atoms with Crippen LogP contribution in [-0.2, 0) is 16.1 Å². The number of hydrogen-bond acceptors (Lipinski definition) is 4. The molecule has 0 spiro atoms. The second kappa shape index (κ2) is 9.75. The number of halogens is 1. The Morgan fingerprint density at radius 3 is 2.91 bits per heavy atom. The van der Waals surface area contributed by atoms with Gasteiger partial charge in [-0.25, -0.2) is 0 Å². The SMILES string of the molecule is COCCNC(=O)C1CCC(C)N(Cc2cccc(N)c2)C1.Cl. The third-order valence-electron chi connectivity index (χ3n) is 4.32. The highest BCUT2D eigenvalue weighted by molar-refractivity contribution is 5.85. The fourth-order valence-corrected chi connectivity index (χ4v) is 2.96. The molecule has 1 aliphatic heterocycles. The number of nitrogens with zero attached hydrogens (tertiary/aromatic N) is 1. The van der Waals surface area contributed by atoms with Crippen molar-refractivity contribution in [3.05, 3.63) is 29.8 Å². The molecule has 1 aliphatic rings. The molecule has 2 unspecified atom stereocenters. The molecule has 0 saturated carbocycles. The third-order valence-corrected chi connectivity index (χ3v) is 4.32. The highest BCUT2D eigenvalue weighted by Crippen LogP contribution is 2.24. The largest absolute Gasteiger partial charge is 0.399 e. The highest BCUT2D eigenvalue weighted by atomic mass is 35.5. The van der Waals surface area contributed by atoms with Crippen molar-refractivity contribution in [2.75, 3.05) is 32.5 Å². The van der Waals surface area contributed by atoms with Crippen LogP contribution in [0.25, 0.3) is 0 Å². The Kier molecular flexibility index (Phi) is 8.37. The second-order valence-corrected chi connectivity index (χ2v) is 6.08. The molecule has 1 fully saturated rings. The second-order valence-electron chi connectivity index (χ2n) is 6.08. The average Bonchev–Trinajstić information content (AvgIpc) is 2.49. The van der Waals surface area contributed by atoms with E-state index in [9.17, 15) is 4.79 Å². The molecule has 2 atom stereocenters. The van der Waals surface area contributed by atoms with Crippen LogP contribution in [0.3, 0.4) is 0 Å². The van der Waals surface area contributed by atoms with Crippen LogP contribution in [0.1, 0.15) is 25.3 Å². The summed E-state index contributed by atoms with van der Waals surface area (Å²) in [6.07, 6.45) is 2.00. The van der Waals surface area contributed by atoms with Gasteiger partial charge in [0, 0.05) is 38.5 Å². The number of carbonyl (C=O) groups is 1. The van der Waals surface area contributed by atoms with Gasteiger partial charge in [-0.15, -0.1) is 12.4 Å². The van der Waals surface area contributed by atoms with Gasteiger partial charge >= 0.3 is 0 Å². The van der Waals surface area contributed by atoms with E-state index in [1.165, 1.54) is 5.56 Å². The van der Waals surface area contributed by atoms with Crippen LogP contribution >= 0.6 is 12.4 Å². The van der Waals surface area contributed by atoms with Gasteiger partial charge in [0.1, 0.15) is 0 Å². The predicted molar refractivity (Wildman–Crippen MR) is 95.6 cm³/mol. The van der Waals surface area contributed by atoms with Gasteiger partial charge in [0.25, 0.3) is 0 Å². The zero-order valence-corrected chi connectivity index (χ0v) is 14.8. The Bertz CT molecular complexity index is 498. The first kappa shape index (κ1) is 19.7. The van der Waals surface area contributed by atoms with E-state index in [0.717, 1.165) is 31.6 Å². The highest BCUT2D eigenvalue weighted by Gasteiger charge is 2.29. The Morgan fingerprint density at radius 1 is 1.43 bits per heavy atom. The zero-order valence-electron chi connectivity index (χ0n) is 14.0. The normalized spacial score (nSPS) is 21.5. The van der Waals surface area contributed by atoms with Gasteiger partial charge in [0.15, 0.2) is 0 Å². The molecule has 1 amide bonds. The van der Waals surface area contributed by atoms with E-state index >= 15 is 0 Å². The Balaban J connectivity index is 0.00000264. The van der Waals surface area contributed by atoms with E-state index in [1.54, 1.807) is 7.11 Å². The van der Waals surface area contributed by atoms with E-state index in [0.29, 0.717) is 19.2 Å². The summed E-state index contributed by atoms with van der Waals surface area (Å²) >= 11 is 0. The van der Waals surface area contributed by atoms with E-state index in [2.05, 4.69) is 23.2 Å². The fraction of sp³-hybridized carbons (Fsp3) is 0.588. The molecule has 3 N–H and O–H groups in total. The van der Waals surface area contributed by atoms with Crippen molar-refractivity contribution < 1.29 is 9.53 Å². The lowest BCUT2D eigenvalue weighted by molar-refractivity contribution is -0.127. The summed E-state index contributed by atoms with van der Waals surface area (Å²) in [5.74, 6) is 0.204. The maximum atomic E-state index is 12.2. The maximum Gasteiger partial charge on any atom is 0.224 e. The number of rotatable bonds is 6. The molecular weight excluding hydrogens is 314 g/mol. The molecule has 1 aromatic rings. The van der Waals surface area contributed by atoms with Crippen molar-refractivity contribution in [1.29, 1.82) is 0 Å². The van der Waals surface area contributed by atoms with Crippen molar-refractivity contribution in [3.8, 4) is 0 Å². The number of benzene rings is 1. The number of piperidine rings is 1. The van der Waals surface area contributed by atoms with Crippen LogP contribution in [0.5, 0.6) is 0 Å². The maximum absolute atomic E-state index is 12.2. The van der Waals surface area contributed by atoms with Gasteiger partial charge < -0.3 is 15.8 Å². The van der Waals surface area contributed by atoms with Crippen molar-refractivity contribution in [2.45, 2.75) is 32.4 Å². The number of ether oxygens (including phenoxy) is 1. The minimum absolute atomic E-state index is 0. The predicted octanol–water partition coefficient (Wildman–Crippen LogP) is 2.05. The molecule has 130 valence electrons. The first-order valence-corrected chi connectivity index (χ1v) is 7.95. The van der Waals surface area contributed by atoms with E-state index < -0.39 is 0 Å². The summed E-state index contributed by atoms with van der Waals surface area (Å²) in [6.45, 7) is 5.01. The van der Waals surface area contributed by atoms with Crippen LogP contribution < -0.4 is 11.1 Å². The van der Waals surface area contributed by atoms with Gasteiger partial charge in [0.05, 0.1) is 12.5 Å². The molecule has 23 heavy (non-hydrogen) atoms. The van der Waals surface area contributed by atoms with Crippen LogP contribution in [0, 0.1) is 5.92 Å². The summed E-state index contributed by atoms with van der Waals surface area (Å²) in [4.78, 5) is 14.6. The number of hydrogen-bond donors (Lipinski definition) is 2. The third kappa shape index (κ3) is 6.01. The number of methoxy groups -OCH3 is 1. The van der Waals surface area contributed by atoms with Crippen molar-refractivity contribution >= 4 is 24.0 Å². The fourth-order valence-electron chi connectivity index (χ4n) is 2.96. The van der Waals surface area contributed by atoms with Crippen LogP contribution in [-0.4, -0.2) is 43.7 Å². The molecule has 0 bridgehead atoms. The van der Waals surface area contributed by atoms with E-state index in [4.69, 9.17) is 10.5 Å². The molecule has 1 aromatic carbocycles. The number of nitrogen functional groups attached to an aromatic ring is 1. The zero-order chi connectivity index (χ0) is 15.9. The average molecular weight is 342 g/mol. The number of anilines is 1. The molecule has 2 rings (SSSR count). The Hall–Kier alpha value is -1.30. The minimum Gasteiger partial charge on any atom is -0.399 e. The number of amides is 1. The molecule has 5 nitrogen and oxygen atoms in total. The quantitative estimate of drug-likeness (QED) is 0.614. The monoisotopic (exact) mass is 341 g/mol. The first-order valence-electron chi connectivity index (χ1n) is 7.95. The number of likely N-dealkylation sites (tertiary alicyclic amines) is 1. The molecule has 0 aliphatic carbocycles. The molecule has 1 saturated heterocycles. The van der Waals surface area contributed by atoms with Crippen LogP contribution in [0.4, 0.5) is 5.69 Å². The number of nitrogens with two attached hydrogens (primary N) is 1. The molecule has 1 heterocycles. The van der Waals surface area contributed by atoms with E-state index in [1.807, 2.05) is 18.2 Å². The number of nitrogens with one attached hydrogen (secondary N) is 1. The van der Waals surface area contributed by atoms with Crippen molar-refractivity contribution in [3.63, 3.8) is 0 Å². The molecule has 0 radical (unpaired) electrons. The number of carbonyl (C=O) groups excluding carboxylic acids is 1. The minimum atomic E-state index is 0. The van der Waals surface area contributed by atoms with Gasteiger partial charge in [-0.05, 0) is 37.5 Å². The van der Waals surface area contributed by atoms with Gasteiger partial charge in [-0.3, -0.25) is 9.69 Å². The van der Waals surface area contributed by atoms with Crippen LogP contribution in [0.15, 0.2) is 24.3 Å². The lowest BCUT2D eigenvalue weighted by atomic mass is 9.92. The molecule has 0 aromatic heterocycles. The summed E-state index contributed by atoms with van der Waals surface area (Å²) in [5, 5.41) is 2.95. The molecular formula is C17H28ClN3O2. The van der Waals surface area contributed by atoms with Crippen LogP contribution in [0.2, 0.25) is 0 Å². The lowest BCUT2D eigenvalue weighted by Crippen LogP contribution is -2.46. The molecule has 6 heteroatoms. The van der Waals surface area contributed by atoms with E-state index in [-0.39, 0.29) is 24.2 Å².